The number of nitrogens with zero attached hydrogens (tertiary/aromatic N) is 3. The van der Waals surface area contributed by atoms with E-state index >= 15 is 4.39 Å². The SMILES string of the molecule is Cc1nc(C(C)c2cc(Cl)c(F)c(C(=O)NC3CC3C)c2OC(C)C)n2ccnc(N)c12. The van der Waals surface area contributed by atoms with Crippen LogP contribution in [0.1, 0.15) is 67.5 Å². The van der Waals surface area contributed by atoms with E-state index in [1.807, 2.05) is 39.0 Å². The van der Waals surface area contributed by atoms with Gasteiger partial charge < -0.3 is 15.8 Å². The van der Waals surface area contributed by atoms with Gasteiger partial charge in [-0.25, -0.2) is 14.4 Å². The average Bonchev–Trinajstić information content (AvgIpc) is 3.29. The quantitative estimate of drug-likeness (QED) is 0.566. The number of rotatable bonds is 6. The van der Waals surface area contributed by atoms with Gasteiger partial charge in [0.15, 0.2) is 5.82 Å². The highest BCUT2D eigenvalue weighted by atomic mass is 35.5. The summed E-state index contributed by atoms with van der Waals surface area (Å²) >= 11 is 6.26. The van der Waals surface area contributed by atoms with Crippen LogP contribution in [0.25, 0.3) is 5.52 Å². The van der Waals surface area contributed by atoms with Gasteiger partial charge >= 0.3 is 0 Å². The van der Waals surface area contributed by atoms with E-state index in [1.165, 1.54) is 6.07 Å². The Hall–Kier alpha value is -2.87. The number of fused-ring (bicyclic) bond motifs is 1. The molecule has 0 saturated heterocycles. The largest absolute Gasteiger partial charge is 0.490 e. The molecular weight excluding hydrogens is 433 g/mol. The fourth-order valence-electron chi connectivity index (χ4n) is 3.99. The molecule has 7 nitrogen and oxygen atoms in total. The molecule has 0 spiro atoms. The number of imidazole rings is 1. The van der Waals surface area contributed by atoms with E-state index in [4.69, 9.17) is 27.1 Å². The van der Waals surface area contributed by atoms with Crippen LogP contribution in [0, 0.1) is 18.7 Å². The number of nitrogen functional groups attached to an aromatic ring is 1. The van der Waals surface area contributed by atoms with Crippen molar-refractivity contribution >= 4 is 28.8 Å². The molecule has 32 heavy (non-hydrogen) atoms. The molecule has 1 aromatic carbocycles. The normalized spacial score (nSPS) is 18.8. The van der Waals surface area contributed by atoms with Crippen LogP contribution >= 0.6 is 11.6 Å². The van der Waals surface area contributed by atoms with Crippen molar-refractivity contribution in [3.8, 4) is 5.75 Å². The molecule has 3 aromatic rings. The molecule has 170 valence electrons. The topological polar surface area (TPSA) is 94.5 Å². The first-order valence-electron chi connectivity index (χ1n) is 10.7. The molecule has 0 aliphatic heterocycles. The number of amides is 1. The Bertz CT molecular complexity index is 1210. The highest BCUT2D eigenvalue weighted by molar-refractivity contribution is 6.31. The van der Waals surface area contributed by atoms with Gasteiger partial charge in [-0.15, -0.1) is 0 Å². The minimum absolute atomic E-state index is 0.0306. The van der Waals surface area contributed by atoms with Gasteiger partial charge in [0.25, 0.3) is 5.91 Å². The van der Waals surface area contributed by atoms with Crippen LogP contribution < -0.4 is 15.8 Å². The molecule has 1 fully saturated rings. The number of aromatic nitrogens is 3. The molecule has 4 rings (SSSR count). The molecule has 9 heteroatoms. The molecule has 0 radical (unpaired) electrons. The third kappa shape index (κ3) is 3.88. The lowest BCUT2D eigenvalue weighted by Crippen LogP contribution is -2.29. The van der Waals surface area contributed by atoms with Crippen molar-refractivity contribution in [2.75, 3.05) is 5.73 Å². The minimum atomic E-state index is -0.790. The Kier molecular flexibility index (Phi) is 5.75. The van der Waals surface area contributed by atoms with Crippen molar-refractivity contribution in [3.63, 3.8) is 0 Å². The summed E-state index contributed by atoms with van der Waals surface area (Å²) in [5, 5.41) is 2.74. The molecule has 2 heterocycles. The van der Waals surface area contributed by atoms with Crippen molar-refractivity contribution < 1.29 is 13.9 Å². The maximum Gasteiger partial charge on any atom is 0.258 e. The molecule has 2 aromatic heterocycles. The molecule has 1 aliphatic rings. The Labute approximate surface area is 191 Å². The van der Waals surface area contributed by atoms with E-state index < -0.39 is 11.7 Å². The number of hydrogen-bond donors (Lipinski definition) is 2. The van der Waals surface area contributed by atoms with E-state index in [1.54, 1.807) is 12.4 Å². The molecule has 1 aliphatic carbocycles. The average molecular weight is 460 g/mol. The third-order valence-electron chi connectivity index (χ3n) is 5.85. The summed E-state index contributed by atoms with van der Waals surface area (Å²) in [5.74, 6) is -0.126. The number of ether oxygens (including phenoxy) is 1. The van der Waals surface area contributed by atoms with Gasteiger partial charge in [0, 0.05) is 29.9 Å². The van der Waals surface area contributed by atoms with Gasteiger partial charge in [-0.2, -0.15) is 0 Å². The monoisotopic (exact) mass is 459 g/mol. The lowest BCUT2D eigenvalue weighted by molar-refractivity contribution is 0.0938. The van der Waals surface area contributed by atoms with Crippen LogP contribution in [-0.4, -0.2) is 32.4 Å². The number of hydrogen-bond acceptors (Lipinski definition) is 5. The zero-order valence-corrected chi connectivity index (χ0v) is 19.5. The minimum Gasteiger partial charge on any atom is -0.490 e. The number of nitrogens with one attached hydrogen (secondary N) is 1. The van der Waals surface area contributed by atoms with Crippen molar-refractivity contribution in [3.05, 3.63) is 51.9 Å². The third-order valence-corrected chi connectivity index (χ3v) is 6.12. The standard InChI is InChI=1S/C23H27ClFN5O2/c1-10(2)32-20-14(9-15(24)18(25)17(20)23(31)29-16-8-11(16)3)12(4)22-28-13(5)19-21(26)27-6-7-30(19)22/h6-7,9-12,16H,8H2,1-5H3,(H2,26,27)(H,29,31). The number of carbonyl (C=O) groups is 1. The number of aryl methyl sites for hydroxylation is 1. The summed E-state index contributed by atoms with van der Waals surface area (Å²) in [4.78, 5) is 21.9. The fraction of sp³-hybridized carbons (Fsp3) is 0.435. The van der Waals surface area contributed by atoms with E-state index in [-0.39, 0.29) is 34.4 Å². The maximum atomic E-state index is 15.2. The Morgan fingerprint density at radius 1 is 1.41 bits per heavy atom. The van der Waals surface area contributed by atoms with Gasteiger partial charge in [-0.1, -0.05) is 25.4 Å². The van der Waals surface area contributed by atoms with Gasteiger partial charge in [0.1, 0.15) is 28.5 Å². The molecule has 3 atom stereocenters. The van der Waals surface area contributed by atoms with Crippen molar-refractivity contribution in [1.29, 1.82) is 0 Å². The van der Waals surface area contributed by atoms with E-state index in [0.29, 0.717) is 28.6 Å². The van der Waals surface area contributed by atoms with Crippen LogP contribution in [0.5, 0.6) is 5.75 Å². The van der Waals surface area contributed by atoms with E-state index in [9.17, 15) is 4.79 Å². The number of nitrogens with two attached hydrogens (primary N) is 1. The first kappa shape index (κ1) is 22.3. The summed E-state index contributed by atoms with van der Waals surface area (Å²) in [5.41, 5.74) is 7.88. The smallest absolute Gasteiger partial charge is 0.258 e. The second-order valence-electron chi connectivity index (χ2n) is 8.73. The van der Waals surface area contributed by atoms with Gasteiger partial charge in [0.05, 0.1) is 16.8 Å². The van der Waals surface area contributed by atoms with Crippen LogP contribution in [-0.2, 0) is 0 Å². The molecule has 1 amide bonds. The summed E-state index contributed by atoms with van der Waals surface area (Å²) in [6.45, 7) is 9.44. The van der Waals surface area contributed by atoms with E-state index in [0.717, 1.165) is 12.1 Å². The zero-order chi connectivity index (χ0) is 23.3. The van der Waals surface area contributed by atoms with Crippen LogP contribution in [0.2, 0.25) is 5.02 Å². The molecular formula is C23H27ClFN5O2. The van der Waals surface area contributed by atoms with Crippen molar-refractivity contribution in [1.82, 2.24) is 19.7 Å². The predicted molar refractivity (Wildman–Crippen MR) is 122 cm³/mol. The highest BCUT2D eigenvalue weighted by Crippen LogP contribution is 2.40. The summed E-state index contributed by atoms with van der Waals surface area (Å²) < 4.78 is 23.0. The van der Waals surface area contributed by atoms with Crippen LogP contribution in [0.15, 0.2) is 18.5 Å². The molecule has 1 saturated carbocycles. The Morgan fingerprint density at radius 2 is 2.09 bits per heavy atom. The fourth-order valence-corrected chi connectivity index (χ4v) is 4.20. The van der Waals surface area contributed by atoms with Gasteiger partial charge in [0.2, 0.25) is 0 Å². The molecule has 3 N–H and O–H groups in total. The first-order chi connectivity index (χ1) is 15.1. The second kappa shape index (κ2) is 8.24. The van der Waals surface area contributed by atoms with Crippen molar-refractivity contribution in [2.45, 2.75) is 59.1 Å². The number of halogens is 2. The summed E-state index contributed by atoms with van der Waals surface area (Å²) in [6.07, 6.45) is 3.95. The zero-order valence-electron chi connectivity index (χ0n) is 18.7. The Balaban J connectivity index is 1.88. The summed E-state index contributed by atoms with van der Waals surface area (Å²) in [6, 6.07) is 1.54. The van der Waals surface area contributed by atoms with Crippen molar-refractivity contribution in [2.24, 2.45) is 5.92 Å². The first-order valence-corrected chi connectivity index (χ1v) is 11.1. The van der Waals surface area contributed by atoms with Crippen LogP contribution in [0.4, 0.5) is 10.2 Å². The summed E-state index contributed by atoms with van der Waals surface area (Å²) in [7, 11) is 0. The second-order valence-corrected chi connectivity index (χ2v) is 9.14. The number of carbonyl (C=O) groups excluding carboxylic acids is 1. The van der Waals surface area contributed by atoms with Gasteiger partial charge in [-0.3, -0.25) is 9.20 Å². The van der Waals surface area contributed by atoms with E-state index in [2.05, 4.69) is 10.3 Å². The number of benzene rings is 1. The van der Waals surface area contributed by atoms with Gasteiger partial charge in [-0.05, 0) is 39.2 Å². The number of anilines is 1. The highest BCUT2D eigenvalue weighted by Gasteiger charge is 2.37. The van der Waals surface area contributed by atoms with Crippen LogP contribution in [0.3, 0.4) is 0 Å². The molecule has 3 unspecified atom stereocenters. The maximum absolute atomic E-state index is 15.2. The predicted octanol–water partition coefficient (Wildman–Crippen LogP) is 4.49. The lowest BCUT2D eigenvalue weighted by atomic mass is 9.95. The Morgan fingerprint density at radius 3 is 2.72 bits per heavy atom. The lowest BCUT2D eigenvalue weighted by Gasteiger charge is -2.22. The molecule has 0 bridgehead atoms.